The number of anilines is 1. The molecular formula is C13H14N2O. The molecule has 0 radical (unpaired) electrons. The van der Waals surface area contributed by atoms with E-state index < -0.39 is 0 Å². The monoisotopic (exact) mass is 214 g/mol. The largest absolute Gasteiger partial charge is 0.392 e. The van der Waals surface area contributed by atoms with E-state index in [1.807, 2.05) is 42.5 Å². The zero-order valence-corrected chi connectivity index (χ0v) is 8.93. The highest BCUT2D eigenvalue weighted by molar-refractivity contribution is 5.50. The summed E-state index contributed by atoms with van der Waals surface area (Å²) >= 11 is 0. The third kappa shape index (κ3) is 2.58. The summed E-state index contributed by atoms with van der Waals surface area (Å²) in [6, 6.07) is 13.5. The lowest BCUT2D eigenvalue weighted by molar-refractivity contribution is 0.282. The van der Waals surface area contributed by atoms with Crippen molar-refractivity contribution in [1.82, 2.24) is 4.98 Å². The maximum absolute atomic E-state index is 9.16. The van der Waals surface area contributed by atoms with Crippen molar-refractivity contribution in [3.63, 3.8) is 0 Å². The minimum Gasteiger partial charge on any atom is -0.392 e. The van der Waals surface area contributed by atoms with Gasteiger partial charge in [-0.2, -0.15) is 0 Å². The Morgan fingerprint density at radius 1 is 1.06 bits per heavy atom. The van der Waals surface area contributed by atoms with Gasteiger partial charge < -0.3 is 10.4 Å². The van der Waals surface area contributed by atoms with Crippen molar-refractivity contribution < 1.29 is 5.11 Å². The molecule has 1 heterocycles. The number of hydrogen-bond donors (Lipinski definition) is 2. The van der Waals surface area contributed by atoms with Gasteiger partial charge in [-0.25, -0.2) is 0 Å². The Balaban J connectivity index is 2.05. The van der Waals surface area contributed by atoms with Crippen LogP contribution >= 0.6 is 0 Å². The fourth-order valence-corrected chi connectivity index (χ4v) is 1.52. The molecule has 0 bridgehead atoms. The van der Waals surface area contributed by atoms with Gasteiger partial charge in [0.2, 0.25) is 0 Å². The van der Waals surface area contributed by atoms with E-state index in [9.17, 15) is 0 Å². The Bertz CT molecular complexity index is 443. The number of aromatic nitrogens is 1. The second kappa shape index (κ2) is 5.28. The first-order chi connectivity index (χ1) is 7.90. The molecule has 0 aliphatic carbocycles. The number of nitrogens with one attached hydrogen (secondary N) is 1. The Morgan fingerprint density at radius 3 is 2.62 bits per heavy atom. The van der Waals surface area contributed by atoms with E-state index in [1.165, 1.54) is 0 Å². The molecular weight excluding hydrogens is 200 g/mol. The quantitative estimate of drug-likeness (QED) is 0.820. The van der Waals surface area contributed by atoms with E-state index in [1.54, 1.807) is 6.20 Å². The van der Waals surface area contributed by atoms with Crippen molar-refractivity contribution in [2.75, 3.05) is 5.32 Å². The van der Waals surface area contributed by atoms with Crippen molar-refractivity contribution in [3.05, 3.63) is 59.9 Å². The van der Waals surface area contributed by atoms with Gasteiger partial charge in [-0.3, -0.25) is 4.98 Å². The lowest BCUT2D eigenvalue weighted by Crippen LogP contribution is -2.03. The highest BCUT2D eigenvalue weighted by atomic mass is 16.3. The van der Waals surface area contributed by atoms with Crippen molar-refractivity contribution in [1.29, 1.82) is 0 Å². The van der Waals surface area contributed by atoms with Gasteiger partial charge in [0.15, 0.2) is 0 Å². The van der Waals surface area contributed by atoms with Crippen LogP contribution in [0.4, 0.5) is 5.69 Å². The van der Waals surface area contributed by atoms with E-state index in [0.717, 1.165) is 16.9 Å². The highest BCUT2D eigenvalue weighted by Gasteiger charge is 1.99. The number of rotatable bonds is 4. The molecule has 0 aliphatic heterocycles. The van der Waals surface area contributed by atoms with Gasteiger partial charge in [-0.1, -0.05) is 24.3 Å². The molecule has 0 spiro atoms. The number of benzene rings is 1. The predicted molar refractivity (Wildman–Crippen MR) is 63.9 cm³/mol. The summed E-state index contributed by atoms with van der Waals surface area (Å²) < 4.78 is 0. The molecule has 0 saturated carbocycles. The van der Waals surface area contributed by atoms with Crippen LogP contribution in [0.15, 0.2) is 48.7 Å². The van der Waals surface area contributed by atoms with Gasteiger partial charge in [-0.05, 0) is 18.2 Å². The summed E-state index contributed by atoms with van der Waals surface area (Å²) in [5, 5.41) is 12.4. The summed E-state index contributed by atoms with van der Waals surface area (Å²) in [7, 11) is 0. The summed E-state index contributed by atoms with van der Waals surface area (Å²) in [6.45, 7) is 0.712. The minimum atomic E-state index is 0.0470. The number of aliphatic hydroxyl groups excluding tert-OH is 1. The maximum atomic E-state index is 9.16. The van der Waals surface area contributed by atoms with E-state index in [0.29, 0.717) is 6.54 Å². The predicted octanol–water partition coefficient (Wildman–Crippen LogP) is 2.19. The molecule has 0 fully saturated rings. The van der Waals surface area contributed by atoms with Gasteiger partial charge in [0.25, 0.3) is 0 Å². The van der Waals surface area contributed by atoms with Crippen LogP contribution in [0.25, 0.3) is 0 Å². The average Bonchev–Trinajstić information content (AvgIpc) is 2.38. The first-order valence-electron chi connectivity index (χ1n) is 5.22. The SMILES string of the molecule is OCc1ccccc1NCc1ccccn1. The first-order valence-corrected chi connectivity index (χ1v) is 5.22. The zero-order chi connectivity index (χ0) is 11.2. The van der Waals surface area contributed by atoms with Crippen LogP contribution in [0.2, 0.25) is 0 Å². The van der Waals surface area contributed by atoms with Crippen LogP contribution < -0.4 is 5.32 Å². The number of pyridine rings is 1. The van der Waals surface area contributed by atoms with Crippen LogP contribution in [0, 0.1) is 0 Å². The highest BCUT2D eigenvalue weighted by Crippen LogP contribution is 2.15. The standard InChI is InChI=1S/C13H14N2O/c16-10-11-5-1-2-7-13(11)15-9-12-6-3-4-8-14-12/h1-8,15-16H,9-10H2. The van der Waals surface area contributed by atoms with Gasteiger partial charge in [0.1, 0.15) is 0 Å². The van der Waals surface area contributed by atoms with Gasteiger partial charge in [0.05, 0.1) is 18.8 Å². The van der Waals surface area contributed by atoms with Crippen LogP contribution in [0.1, 0.15) is 11.3 Å². The Hall–Kier alpha value is -1.87. The second-order valence-corrected chi connectivity index (χ2v) is 3.49. The van der Waals surface area contributed by atoms with Crippen molar-refractivity contribution in [2.45, 2.75) is 13.2 Å². The van der Waals surface area contributed by atoms with Crippen LogP contribution in [0.3, 0.4) is 0 Å². The molecule has 16 heavy (non-hydrogen) atoms. The van der Waals surface area contributed by atoms with E-state index >= 15 is 0 Å². The lowest BCUT2D eigenvalue weighted by Gasteiger charge is -2.09. The average molecular weight is 214 g/mol. The van der Waals surface area contributed by atoms with Gasteiger partial charge in [0, 0.05) is 17.4 Å². The van der Waals surface area contributed by atoms with Crippen molar-refractivity contribution in [2.24, 2.45) is 0 Å². The van der Waals surface area contributed by atoms with Crippen LogP contribution in [-0.2, 0) is 13.2 Å². The molecule has 0 aliphatic rings. The molecule has 2 rings (SSSR count). The van der Waals surface area contributed by atoms with Gasteiger partial charge in [-0.15, -0.1) is 0 Å². The van der Waals surface area contributed by atoms with Crippen molar-refractivity contribution >= 4 is 5.69 Å². The molecule has 0 amide bonds. The third-order valence-corrected chi connectivity index (χ3v) is 2.37. The number of para-hydroxylation sites is 1. The van der Waals surface area contributed by atoms with E-state index in [4.69, 9.17) is 5.11 Å². The lowest BCUT2D eigenvalue weighted by atomic mass is 10.2. The molecule has 1 aromatic carbocycles. The molecule has 3 nitrogen and oxygen atoms in total. The Morgan fingerprint density at radius 2 is 1.88 bits per heavy atom. The minimum absolute atomic E-state index is 0.0470. The number of nitrogens with zero attached hydrogens (tertiary/aromatic N) is 1. The Labute approximate surface area is 94.8 Å². The summed E-state index contributed by atoms with van der Waals surface area (Å²) in [6.07, 6.45) is 1.77. The topological polar surface area (TPSA) is 45.1 Å². The molecule has 82 valence electrons. The van der Waals surface area contributed by atoms with Crippen LogP contribution in [0.5, 0.6) is 0 Å². The molecule has 0 saturated heterocycles. The molecule has 2 N–H and O–H groups in total. The molecule has 3 heteroatoms. The zero-order valence-electron chi connectivity index (χ0n) is 8.93. The second-order valence-electron chi connectivity index (χ2n) is 3.49. The maximum Gasteiger partial charge on any atom is 0.0701 e. The smallest absolute Gasteiger partial charge is 0.0701 e. The van der Waals surface area contributed by atoms with Gasteiger partial charge >= 0.3 is 0 Å². The number of hydrogen-bond acceptors (Lipinski definition) is 3. The van der Waals surface area contributed by atoms with E-state index in [2.05, 4.69) is 10.3 Å². The molecule has 2 aromatic rings. The summed E-state index contributed by atoms with van der Waals surface area (Å²) in [4.78, 5) is 4.22. The fourth-order valence-electron chi connectivity index (χ4n) is 1.52. The Kier molecular flexibility index (Phi) is 3.51. The molecule has 0 atom stereocenters. The summed E-state index contributed by atoms with van der Waals surface area (Å²) in [5.41, 5.74) is 2.84. The number of aliphatic hydroxyl groups is 1. The fraction of sp³-hybridized carbons (Fsp3) is 0.154. The van der Waals surface area contributed by atoms with E-state index in [-0.39, 0.29) is 6.61 Å². The first kappa shape index (κ1) is 10.6. The molecule has 0 unspecified atom stereocenters. The normalized spacial score (nSPS) is 10.1. The third-order valence-electron chi connectivity index (χ3n) is 2.37. The van der Waals surface area contributed by atoms with Crippen LogP contribution in [-0.4, -0.2) is 10.1 Å². The van der Waals surface area contributed by atoms with Crippen molar-refractivity contribution in [3.8, 4) is 0 Å². The summed E-state index contributed by atoms with van der Waals surface area (Å²) in [5.74, 6) is 0. The molecule has 1 aromatic heterocycles.